The van der Waals surface area contributed by atoms with Crippen LogP contribution in [0.2, 0.25) is 0 Å². The van der Waals surface area contributed by atoms with E-state index in [1.165, 1.54) is 11.8 Å². The third-order valence-corrected chi connectivity index (χ3v) is 6.72. The van der Waals surface area contributed by atoms with Crippen molar-refractivity contribution < 1.29 is 9.53 Å². The maximum absolute atomic E-state index is 12.6. The summed E-state index contributed by atoms with van der Waals surface area (Å²) < 4.78 is 7.90. The van der Waals surface area contributed by atoms with Gasteiger partial charge in [0, 0.05) is 13.1 Å². The van der Waals surface area contributed by atoms with Crippen molar-refractivity contribution in [1.29, 1.82) is 0 Å². The minimum atomic E-state index is -0.0222. The van der Waals surface area contributed by atoms with Crippen LogP contribution in [0.15, 0.2) is 52.9 Å². The molecule has 0 spiro atoms. The van der Waals surface area contributed by atoms with Gasteiger partial charge in [-0.3, -0.25) is 4.79 Å². The number of thioether (sulfide) groups is 1. The molecule has 1 aliphatic heterocycles. The van der Waals surface area contributed by atoms with E-state index in [1.54, 1.807) is 11.3 Å². The molecule has 1 aromatic heterocycles. The second-order valence-electron chi connectivity index (χ2n) is 6.96. The highest BCUT2D eigenvalue weighted by Crippen LogP contribution is 2.31. The van der Waals surface area contributed by atoms with Crippen LogP contribution in [0, 0.1) is 0 Å². The maximum Gasteiger partial charge on any atom is 0.234 e. The number of carbonyl (C=O) groups excluding carboxylic acids is 1. The van der Waals surface area contributed by atoms with Gasteiger partial charge in [-0.05, 0) is 38.1 Å². The molecule has 2 heterocycles. The summed E-state index contributed by atoms with van der Waals surface area (Å²) in [6, 6.07) is 16.0. The lowest BCUT2D eigenvalue weighted by Crippen LogP contribution is -2.45. The first-order valence-corrected chi connectivity index (χ1v) is 11.2. The van der Waals surface area contributed by atoms with E-state index in [4.69, 9.17) is 4.74 Å². The summed E-state index contributed by atoms with van der Waals surface area (Å²) in [5, 5.41) is 3.08. The Morgan fingerprint density at radius 3 is 2.68 bits per heavy atom. The quantitative estimate of drug-likeness (QED) is 0.618. The fourth-order valence-electron chi connectivity index (χ4n) is 3.46. The predicted octanol–water partition coefficient (Wildman–Crippen LogP) is 4.64. The molecule has 146 valence electrons. The van der Waals surface area contributed by atoms with Crippen LogP contribution in [0.5, 0.6) is 0 Å². The first-order valence-electron chi connectivity index (χ1n) is 9.36. The fraction of sp³-hybridized carbons (Fsp3) is 0.333. The number of para-hydroxylation sites is 3. The Morgan fingerprint density at radius 2 is 1.89 bits per heavy atom. The third kappa shape index (κ3) is 4.48. The smallest absolute Gasteiger partial charge is 0.234 e. The topological polar surface area (TPSA) is 54.5 Å². The lowest BCUT2D eigenvalue weighted by Gasteiger charge is -2.37. The van der Waals surface area contributed by atoms with Gasteiger partial charge in [0.2, 0.25) is 5.91 Å². The molecular formula is C21H23N3O2S2. The minimum Gasteiger partial charge on any atom is -0.372 e. The Bertz CT molecular complexity index is 932. The van der Waals surface area contributed by atoms with E-state index in [0.29, 0.717) is 5.75 Å². The molecule has 28 heavy (non-hydrogen) atoms. The average Bonchev–Trinajstić information content (AvgIpc) is 3.09. The second-order valence-corrected chi connectivity index (χ2v) is 9.22. The zero-order valence-corrected chi connectivity index (χ0v) is 17.6. The second kappa shape index (κ2) is 8.51. The van der Waals surface area contributed by atoms with Crippen molar-refractivity contribution in [2.24, 2.45) is 0 Å². The van der Waals surface area contributed by atoms with Crippen molar-refractivity contribution in [3.63, 3.8) is 0 Å². The number of anilines is 2. The summed E-state index contributed by atoms with van der Waals surface area (Å²) in [5.74, 6) is 0.315. The molecule has 0 aliphatic carbocycles. The van der Waals surface area contributed by atoms with Gasteiger partial charge in [-0.15, -0.1) is 11.3 Å². The molecule has 1 amide bonds. The van der Waals surface area contributed by atoms with Gasteiger partial charge in [-0.1, -0.05) is 36.0 Å². The molecule has 1 fully saturated rings. The van der Waals surface area contributed by atoms with Gasteiger partial charge in [0.1, 0.15) is 0 Å². The van der Waals surface area contributed by atoms with Crippen LogP contribution in [-0.2, 0) is 9.53 Å². The maximum atomic E-state index is 12.6. The van der Waals surface area contributed by atoms with Crippen LogP contribution in [0.3, 0.4) is 0 Å². The van der Waals surface area contributed by atoms with Crippen LogP contribution in [0.25, 0.3) is 10.2 Å². The molecule has 1 N–H and O–H groups in total. The molecule has 5 nitrogen and oxygen atoms in total. The fourth-order valence-corrected chi connectivity index (χ4v) is 5.32. The molecule has 3 aromatic rings. The average molecular weight is 414 g/mol. The largest absolute Gasteiger partial charge is 0.372 e. The van der Waals surface area contributed by atoms with E-state index >= 15 is 0 Å². The molecule has 1 saturated heterocycles. The molecule has 2 atom stereocenters. The number of hydrogen-bond donors (Lipinski definition) is 1. The summed E-state index contributed by atoms with van der Waals surface area (Å²) in [5.41, 5.74) is 2.87. The van der Waals surface area contributed by atoms with E-state index in [-0.39, 0.29) is 18.1 Å². The van der Waals surface area contributed by atoms with Crippen LogP contribution in [0.1, 0.15) is 13.8 Å². The highest BCUT2D eigenvalue weighted by molar-refractivity contribution is 8.01. The monoisotopic (exact) mass is 413 g/mol. The van der Waals surface area contributed by atoms with Crippen molar-refractivity contribution in [2.45, 2.75) is 30.4 Å². The molecule has 1 aliphatic rings. The Balaban J connectivity index is 1.41. The molecule has 0 radical (unpaired) electrons. The van der Waals surface area contributed by atoms with Gasteiger partial charge in [0.15, 0.2) is 4.34 Å². The molecule has 0 bridgehead atoms. The molecule has 4 rings (SSSR count). The van der Waals surface area contributed by atoms with Crippen LogP contribution in [0.4, 0.5) is 11.4 Å². The number of nitrogens with one attached hydrogen (secondary N) is 1. The number of thiazole rings is 1. The van der Waals surface area contributed by atoms with Gasteiger partial charge in [0.25, 0.3) is 0 Å². The summed E-state index contributed by atoms with van der Waals surface area (Å²) >= 11 is 3.10. The summed E-state index contributed by atoms with van der Waals surface area (Å²) in [6.45, 7) is 5.80. The number of amides is 1. The molecule has 0 unspecified atom stereocenters. The lowest BCUT2D eigenvalue weighted by atomic mass is 10.1. The number of hydrogen-bond acceptors (Lipinski definition) is 6. The van der Waals surface area contributed by atoms with Crippen molar-refractivity contribution in [2.75, 3.05) is 29.1 Å². The number of morpholine rings is 1. The van der Waals surface area contributed by atoms with E-state index in [2.05, 4.69) is 41.2 Å². The first kappa shape index (κ1) is 19.2. The van der Waals surface area contributed by atoms with Gasteiger partial charge in [0.05, 0.1) is 39.6 Å². The third-order valence-electron chi connectivity index (χ3n) is 4.54. The highest BCUT2D eigenvalue weighted by Gasteiger charge is 2.24. The Hall–Kier alpha value is -2.09. The van der Waals surface area contributed by atoms with E-state index in [9.17, 15) is 4.79 Å². The standard InChI is InChI=1S/C21H23N3O2S2/c1-14-11-24(12-15(2)26-14)18-9-5-3-7-16(18)22-20(25)13-27-21-23-17-8-4-6-10-19(17)28-21/h3-10,14-15H,11-13H2,1-2H3,(H,22,25)/t14-,15-/m1/s1. The van der Waals surface area contributed by atoms with Gasteiger partial charge >= 0.3 is 0 Å². The SMILES string of the molecule is C[C@@H]1CN(c2ccccc2NC(=O)CSc2nc3ccccc3s2)C[C@@H](C)O1. The van der Waals surface area contributed by atoms with Crippen molar-refractivity contribution in [3.8, 4) is 0 Å². The van der Waals surface area contributed by atoms with E-state index in [1.807, 2.05) is 36.4 Å². The highest BCUT2D eigenvalue weighted by atomic mass is 32.2. The van der Waals surface area contributed by atoms with Crippen LogP contribution >= 0.6 is 23.1 Å². The van der Waals surface area contributed by atoms with E-state index in [0.717, 1.165) is 39.0 Å². The zero-order valence-electron chi connectivity index (χ0n) is 15.9. The number of nitrogens with zero attached hydrogens (tertiary/aromatic N) is 2. The van der Waals surface area contributed by atoms with Crippen LogP contribution in [-0.4, -0.2) is 41.9 Å². The van der Waals surface area contributed by atoms with Gasteiger partial charge in [-0.25, -0.2) is 4.98 Å². The summed E-state index contributed by atoms with van der Waals surface area (Å²) in [6.07, 6.45) is 0.337. The predicted molar refractivity (Wildman–Crippen MR) is 118 cm³/mol. The first-order chi connectivity index (χ1) is 13.6. The van der Waals surface area contributed by atoms with Crippen LogP contribution < -0.4 is 10.2 Å². The normalized spacial score (nSPS) is 19.7. The Morgan fingerprint density at radius 1 is 1.18 bits per heavy atom. The lowest BCUT2D eigenvalue weighted by molar-refractivity contribution is -0.113. The van der Waals surface area contributed by atoms with Crippen molar-refractivity contribution >= 4 is 50.6 Å². The summed E-state index contributed by atoms with van der Waals surface area (Å²) in [4.78, 5) is 19.4. The van der Waals surface area contributed by atoms with Gasteiger partial charge in [-0.2, -0.15) is 0 Å². The zero-order chi connectivity index (χ0) is 19.5. The van der Waals surface area contributed by atoms with Crippen molar-refractivity contribution in [1.82, 2.24) is 4.98 Å². The molecule has 2 aromatic carbocycles. The molecule has 7 heteroatoms. The number of carbonyl (C=O) groups is 1. The Kier molecular flexibility index (Phi) is 5.85. The minimum absolute atomic E-state index is 0.0222. The number of ether oxygens (including phenoxy) is 1. The van der Waals surface area contributed by atoms with Crippen molar-refractivity contribution in [3.05, 3.63) is 48.5 Å². The molecule has 0 saturated carbocycles. The molecular weight excluding hydrogens is 390 g/mol. The number of benzene rings is 2. The summed E-state index contributed by atoms with van der Waals surface area (Å²) in [7, 11) is 0. The van der Waals surface area contributed by atoms with E-state index < -0.39 is 0 Å². The number of rotatable bonds is 5. The number of aromatic nitrogens is 1. The Labute approximate surface area is 173 Å². The number of fused-ring (bicyclic) bond motifs is 1. The van der Waals surface area contributed by atoms with Gasteiger partial charge < -0.3 is 15.0 Å².